The van der Waals surface area contributed by atoms with Crippen LogP contribution in [-0.4, -0.2) is 35.6 Å². The molecule has 0 radical (unpaired) electrons. The monoisotopic (exact) mass is 397 g/mol. The molecule has 1 amide bonds. The number of amides is 1. The maximum atomic E-state index is 12.0. The van der Waals surface area contributed by atoms with Crippen LogP contribution in [0.15, 0.2) is 42.5 Å². The highest BCUT2D eigenvalue weighted by atomic mass is 32.1. The normalized spacial score (nSPS) is 17.1. The molecule has 3 rings (SSSR count). The van der Waals surface area contributed by atoms with E-state index in [9.17, 15) is 4.79 Å². The van der Waals surface area contributed by atoms with Crippen molar-refractivity contribution in [3.63, 3.8) is 0 Å². The molecule has 2 N–H and O–H groups in total. The zero-order valence-electron chi connectivity index (χ0n) is 17.0. The lowest BCUT2D eigenvalue weighted by Crippen LogP contribution is -2.42. The first-order chi connectivity index (χ1) is 13.1. The molecule has 2 aromatic carbocycles. The minimum absolute atomic E-state index is 0.0244. The SMILES string of the molecule is Cc1ccc2c(c1)[C@@H](NC(=S)Nc1ccc(C(=O)N(C)C)cc1)CC(C)(C)O2. The molecular weight excluding hydrogens is 370 g/mol. The predicted octanol–water partition coefficient (Wildman–Crippen LogP) is 4.29. The number of carbonyl (C=O) groups excluding carboxylic acids is 1. The maximum absolute atomic E-state index is 12.0. The van der Waals surface area contributed by atoms with Crippen LogP contribution in [0, 0.1) is 6.92 Å². The molecule has 0 aliphatic carbocycles. The summed E-state index contributed by atoms with van der Waals surface area (Å²) in [6.07, 6.45) is 0.807. The van der Waals surface area contributed by atoms with Crippen LogP contribution in [0.5, 0.6) is 5.75 Å². The first-order valence-corrected chi connectivity index (χ1v) is 9.74. The second kappa shape index (κ2) is 7.80. The lowest BCUT2D eigenvalue weighted by molar-refractivity contribution is 0.0696. The molecule has 0 saturated heterocycles. The molecule has 2 aromatic rings. The Morgan fingerprint density at radius 1 is 1.18 bits per heavy atom. The number of thiocarbonyl (C=S) groups is 1. The lowest BCUT2D eigenvalue weighted by atomic mass is 9.89. The number of benzene rings is 2. The third kappa shape index (κ3) is 4.62. The van der Waals surface area contributed by atoms with E-state index in [0.717, 1.165) is 23.4 Å². The number of nitrogens with zero attached hydrogens (tertiary/aromatic N) is 1. The van der Waals surface area contributed by atoms with E-state index >= 15 is 0 Å². The molecule has 0 bridgehead atoms. The Labute approximate surface area is 172 Å². The fourth-order valence-electron chi connectivity index (χ4n) is 3.38. The first kappa shape index (κ1) is 20.1. The highest BCUT2D eigenvalue weighted by Gasteiger charge is 2.34. The molecule has 5 nitrogen and oxygen atoms in total. The van der Waals surface area contributed by atoms with Crippen molar-refractivity contribution >= 4 is 28.9 Å². The van der Waals surface area contributed by atoms with Gasteiger partial charge in [0.25, 0.3) is 5.91 Å². The number of carbonyl (C=O) groups is 1. The number of nitrogens with one attached hydrogen (secondary N) is 2. The van der Waals surface area contributed by atoms with Crippen LogP contribution in [0.2, 0.25) is 0 Å². The van der Waals surface area contributed by atoms with Gasteiger partial charge in [-0.25, -0.2) is 0 Å². The van der Waals surface area contributed by atoms with E-state index in [2.05, 4.69) is 43.5 Å². The second-order valence-corrected chi connectivity index (χ2v) is 8.44. The van der Waals surface area contributed by atoms with Gasteiger partial charge >= 0.3 is 0 Å². The number of hydrogen-bond acceptors (Lipinski definition) is 3. The van der Waals surface area contributed by atoms with Gasteiger partial charge in [0.15, 0.2) is 5.11 Å². The van der Waals surface area contributed by atoms with E-state index in [1.807, 2.05) is 18.2 Å². The highest BCUT2D eigenvalue weighted by molar-refractivity contribution is 7.80. The summed E-state index contributed by atoms with van der Waals surface area (Å²) >= 11 is 5.54. The van der Waals surface area contributed by atoms with Gasteiger partial charge in [-0.05, 0) is 63.3 Å². The van der Waals surface area contributed by atoms with Gasteiger partial charge in [-0.1, -0.05) is 17.7 Å². The van der Waals surface area contributed by atoms with Crippen molar-refractivity contribution in [2.24, 2.45) is 0 Å². The number of anilines is 1. The van der Waals surface area contributed by atoms with Crippen molar-refractivity contribution in [2.75, 3.05) is 19.4 Å². The Balaban J connectivity index is 1.71. The van der Waals surface area contributed by atoms with Crippen molar-refractivity contribution in [2.45, 2.75) is 38.8 Å². The molecule has 28 heavy (non-hydrogen) atoms. The third-order valence-electron chi connectivity index (χ3n) is 4.72. The van der Waals surface area contributed by atoms with Gasteiger partial charge in [-0.3, -0.25) is 4.79 Å². The third-order valence-corrected chi connectivity index (χ3v) is 4.94. The van der Waals surface area contributed by atoms with Gasteiger partial charge in [-0.2, -0.15) is 0 Å². The van der Waals surface area contributed by atoms with E-state index < -0.39 is 0 Å². The molecule has 0 unspecified atom stereocenters. The van der Waals surface area contributed by atoms with Gasteiger partial charge in [0.2, 0.25) is 0 Å². The van der Waals surface area contributed by atoms with E-state index in [1.165, 1.54) is 5.56 Å². The van der Waals surface area contributed by atoms with Gasteiger partial charge in [0, 0.05) is 37.3 Å². The van der Waals surface area contributed by atoms with Crippen molar-refractivity contribution in [3.05, 3.63) is 59.2 Å². The molecule has 0 saturated carbocycles. The van der Waals surface area contributed by atoms with Crippen LogP contribution >= 0.6 is 12.2 Å². The van der Waals surface area contributed by atoms with E-state index in [0.29, 0.717) is 10.7 Å². The summed E-state index contributed by atoms with van der Waals surface area (Å²) in [6.45, 7) is 6.24. The Morgan fingerprint density at radius 2 is 1.86 bits per heavy atom. The highest BCUT2D eigenvalue weighted by Crippen LogP contribution is 2.39. The summed E-state index contributed by atoms with van der Waals surface area (Å²) in [4.78, 5) is 13.6. The quantitative estimate of drug-likeness (QED) is 0.757. The largest absolute Gasteiger partial charge is 0.487 e. The molecule has 0 aromatic heterocycles. The minimum Gasteiger partial charge on any atom is -0.487 e. The number of rotatable bonds is 3. The number of fused-ring (bicyclic) bond motifs is 1. The van der Waals surface area contributed by atoms with Crippen LogP contribution in [0.1, 0.15) is 47.8 Å². The summed E-state index contributed by atoms with van der Waals surface area (Å²) in [5.74, 6) is 0.873. The maximum Gasteiger partial charge on any atom is 0.253 e. The molecule has 1 heterocycles. The van der Waals surface area contributed by atoms with Gasteiger partial charge < -0.3 is 20.3 Å². The molecule has 0 spiro atoms. The first-order valence-electron chi connectivity index (χ1n) is 9.33. The topological polar surface area (TPSA) is 53.6 Å². The smallest absolute Gasteiger partial charge is 0.253 e. The summed E-state index contributed by atoms with van der Waals surface area (Å²) in [5, 5.41) is 7.18. The van der Waals surface area contributed by atoms with Crippen molar-refractivity contribution < 1.29 is 9.53 Å². The van der Waals surface area contributed by atoms with Crippen molar-refractivity contribution in [1.82, 2.24) is 10.2 Å². The molecular formula is C22H27N3O2S. The van der Waals surface area contributed by atoms with Crippen LogP contribution in [-0.2, 0) is 0 Å². The molecule has 1 aliphatic rings. The van der Waals surface area contributed by atoms with Gasteiger partial charge in [0.1, 0.15) is 11.4 Å². The zero-order valence-corrected chi connectivity index (χ0v) is 17.8. The van der Waals surface area contributed by atoms with Crippen LogP contribution in [0.4, 0.5) is 5.69 Å². The minimum atomic E-state index is -0.274. The molecule has 1 aliphatic heterocycles. The Kier molecular flexibility index (Phi) is 5.61. The second-order valence-electron chi connectivity index (χ2n) is 8.04. The summed E-state index contributed by atoms with van der Waals surface area (Å²) in [6, 6.07) is 13.6. The Morgan fingerprint density at radius 3 is 2.50 bits per heavy atom. The predicted molar refractivity (Wildman–Crippen MR) is 117 cm³/mol. The average Bonchev–Trinajstić information content (AvgIpc) is 2.61. The van der Waals surface area contributed by atoms with Crippen LogP contribution in [0.25, 0.3) is 0 Å². The Hall–Kier alpha value is -2.60. The summed E-state index contributed by atoms with van der Waals surface area (Å²) < 4.78 is 6.12. The van der Waals surface area contributed by atoms with E-state index in [1.54, 1.807) is 31.1 Å². The van der Waals surface area contributed by atoms with E-state index in [-0.39, 0.29) is 17.6 Å². The van der Waals surface area contributed by atoms with Crippen molar-refractivity contribution in [1.29, 1.82) is 0 Å². The van der Waals surface area contributed by atoms with Crippen molar-refractivity contribution in [3.8, 4) is 5.75 Å². The number of aryl methyl sites for hydroxylation is 1. The Bertz CT molecular complexity index is 891. The van der Waals surface area contributed by atoms with Crippen LogP contribution < -0.4 is 15.4 Å². The zero-order chi connectivity index (χ0) is 20.5. The van der Waals surface area contributed by atoms with Gasteiger partial charge in [0.05, 0.1) is 6.04 Å². The molecule has 0 fully saturated rings. The van der Waals surface area contributed by atoms with Crippen LogP contribution in [0.3, 0.4) is 0 Å². The van der Waals surface area contributed by atoms with Gasteiger partial charge in [-0.15, -0.1) is 0 Å². The standard InChI is InChI=1S/C22H27N3O2S/c1-14-6-11-19-17(12-14)18(13-22(2,3)27-19)24-21(28)23-16-9-7-15(8-10-16)20(26)25(4)5/h6-12,18H,13H2,1-5H3,(H2,23,24,28)/t18-/m0/s1. The number of hydrogen-bond donors (Lipinski definition) is 2. The molecule has 148 valence electrons. The molecule has 6 heteroatoms. The lowest BCUT2D eigenvalue weighted by Gasteiger charge is -2.38. The molecule has 1 atom stereocenters. The summed E-state index contributed by atoms with van der Waals surface area (Å²) in [7, 11) is 3.48. The fourth-order valence-corrected chi connectivity index (χ4v) is 3.64. The average molecular weight is 398 g/mol. The fraction of sp³-hybridized carbons (Fsp3) is 0.364. The summed E-state index contributed by atoms with van der Waals surface area (Å²) in [5.41, 5.74) is 3.52. The number of ether oxygens (including phenoxy) is 1. The van der Waals surface area contributed by atoms with E-state index in [4.69, 9.17) is 17.0 Å².